The van der Waals surface area contributed by atoms with Gasteiger partial charge in [0, 0.05) is 31.6 Å². The largest absolute Gasteiger partial charge is 0.348 e. The Morgan fingerprint density at radius 1 is 0.882 bits per heavy atom. The van der Waals surface area contributed by atoms with E-state index in [1.54, 1.807) is 24.3 Å². The van der Waals surface area contributed by atoms with Crippen molar-refractivity contribution in [1.29, 1.82) is 0 Å². The van der Waals surface area contributed by atoms with Crippen molar-refractivity contribution < 1.29 is 22.9 Å². The van der Waals surface area contributed by atoms with Crippen LogP contribution < -0.4 is 15.4 Å². The summed E-state index contributed by atoms with van der Waals surface area (Å²) in [6.45, 7) is 0.125. The minimum Gasteiger partial charge on any atom is -0.348 e. The van der Waals surface area contributed by atoms with Crippen LogP contribution in [0.1, 0.15) is 22.3 Å². The first-order chi connectivity index (χ1) is 16.3. The van der Waals surface area contributed by atoms with E-state index in [2.05, 4.69) is 15.4 Å². The highest BCUT2D eigenvalue weighted by atomic mass is 32.2. The van der Waals surface area contributed by atoms with E-state index in [1.807, 2.05) is 30.3 Å². The molecule has 0 fully saturated rings. The molecule has 0 aliphatic rings. The molecular weight excluding hydrogens is 460 g/mol. The minimum absolute atomic E-state index is 0.154. The Hall–Kier alpha value is -4.09. The van der Waals surface area contributed by atoms with E-state index in [9.17, 15) is 28.1 Å². The number of nitro benzene ring substituents is 1. The van der Waals surface area contributed by atoms with Gasteiger partial charge in [-0.05, 0) is 29.8 Å². The smallest absolute Gasteiger partial charge is 0.269 e. The van der Waals surface area contributed by atoms with Gasteiger partial charge in [0.05, 0.1) is 21.1 Å². The molecule has 0 aliphatic carbocycles. The molecule has 0 radical (unpaired) electrons. The third-order valence-electron chi connectivity index (χ3n) is 4.74. The van der Waals surface area contributed by atoms with Gasteiger partial charge in [-0.2, -0.15) is 0 Å². The lowest BCUT2D eigenvalue weighted by atomic mass is 10.1. The van der Waals surface area contributed by atoms with Crippen molar-refractivity contribution in [2.45, 2.75) is 17.9 Å². The Balaban J connectivity index is 1.54. The number of nitrogens with one attached hydrogen (secondary N) is 3. The van der Waals surface area contributed by atoms with Crippen LogP contribution in [0.3, 0.4) is 0 Å². The summed E-state index contributed by atoms with van der Waals surface area (Å²) in [5.74, 6) is -0.853. The van der Waals surface area contributed by atoms with E-state index in [4.69, 9.17) is 0 Å². The number of rotatable bonds is 10. The van der Waals surface area contributed by atoms with Gasteiger partial charge in [-0.15, -0.1) is 0 Å². The number of amides is 2. The van der Waals surface area contributed by atoms with Crippen molar-refractivity contribution >= 4 is 33.2 Å². The Morgan fingerprint density at radius 3 is 2.21 bits per heavy atom. The lowest BCUT2D eigenvalue weighted by molar-refractivity contribution is -0.384. The predicted molar refractivity (Wildman–Crippen MR) is 126 cm³/mol. The first kappa shape index (κ1) is 24.6. The second-order valence-electron chi connectivity index (χ2n) is 7.16. The molecule has 3 N–H and O–H groups in total. The maximum atomic E-state index is 12.6. The maximum absolute atomic E-state index is 12.6. The van der Waals surface area contributed by atoms with Crippen molar-refractivity contribution in [2.75, 3.05) is 11.9 Å². The monoisotopic (exact) mass is 482 g/mol. The van der Waals surface area contributed by atoms with Gasteiger partial charge in [0.2, 0.25) is 15.9 Å². The summed E-state index contributed by atoms with van der Waals surface area (Å²) >= 11 is 0. The average molecular weight is 483 g/mol. The molecule has 0 saturated carbocycles. The van der Waals surface area contributed by atoms with Crippen LogP contribution in [0.15, 0.2) is 83.8 Å². The van der Waals surface area contributed by atoms with Crippen LogP contribution in [0.5, 0.6) is 0 Å². The van der Waals surface area contributed by atoms with E-state index in [0.717, 1.165) is 29.8 Å². The van der Waals surface area contributed by atoms with E-state index in [1.165, 1.54) is 0 Å². The van der Waals surface area contributed by atoms with Crippen molar-refractivity contribution in [1.82, 2.24) is 10.0 Å². The van der Waals surface area contributed by atoms with Gasteiger partial charge in [-0.3, -0.25) is 19.7 Å². The third kappa shape index (κ3) is 6.70. The number of para-hydroxylation sites is 1. The molecule has 0 aliphatic heterocycles. The molecule has 0 heterocycles. The fourth-order valence-electron chi connectivity index (χ4n) is 3.01. The zero-order valence-electron chi connectivity index (χ0n) is 17.9. The normalized spacial score (nSPS) is 10.9. The van der Waals surface area contributed by atoms with Gasteiger partial charge in [0.1, 0.15) is 0 Å². The molecule has 2 amide bonds. The van der Waals surface area contributed by atoms with Gasteiger partial charge in [-0.25, -0.2) is 13.1 Å². The van der Waals surface area contributed by atoms with Gasteiger partial charge in [-0.1, -0.05) is 42.5 Å². The minimum atomic E-state index is -3.94. The summed E-state index contributed by atoms with van der Waals surface area (Å²) in [7, 11) is -3.94. The highest BCUT2D eigenvalue weighted by molar-refractivity contribution is 7.89. The van der Waals surface area contributed by atoms with Gasteiger partial charge >= 0.3 is 0 Å². The van der Waals surface area contributed by atoms with Crippen LogP contribution in [-0.4, -0.2) is 31.7 Å². The molecule has 0 spiro atoms. The fraction of sp³-hybridized carbons (Fsp3) is 0.130. The van der Waals surface area contributed by atoms with E-state index in [0.29, 0.717) is 12.2 Å². The van der Waals surface area contributed by atoms with E-state index in [-0.39, 0.29) is 35.0 Å². The highest BCUT2D eigenvalue weighted by Crippen LogP contribution is 2.17. The van der Waals surface area contributed by atoms with Crippen molar-refractivity contribution in [3.63, 3.8) is 0 Å². The first-order valence-corrected chi connectivity index (χ1v) is 11.7. The van der Waals surface area contributed by atoms with Crippen molar-refractivity contribution in [3.05, 3.63) is 100 Å². The lowest BCUT2D eigenvalue weighted by Gasteiger charge is -2.12. The lowest BCUT2D eigenvalue weighted by Crippen LogP contribution is -2.28. The molecule has 11 heteroatoms. The Kier molecular flexibility index (Phi) is 8.06. The number of hydrogen-bond donors (Lipinski definition) is 3. The molecule has 0 bridgehead atoms. The number of carbonyl (C=O) groups is 2. The molecule has 0 aromatic heterocycles. The number of benzene rings is 3. The summed E-state index contributed by atoms with van der Waals surface area (Å²) in [6.07, 6.45) is -0.188. The summed E-state index contributed by atoms with van der Waals surface area (Å²) in [4.78, 5) is 34.9. The quantitative estimate of drug-likeness (QED) is 0.299. The second kappa shape index (κ2) is 11.2. The van der Waals surface area contributed by atoms with Gasteiger partial charge < -0.3 is 10.6 Å². The summed E-state index contributed by atoms with van der Waals surface area (Å²) in [5.41, 5.74) is 1.27. The SMILES string of the molecule is O=C(CCNS(=O)(=O)c1ccc([N+](=O)[O-])cc1)Nc1ccccc1C(=O)NCc1ccccc1. The Labute approximate surface area is 196 Å². The highest BCUT2D eigenvalue weighted by Gasteiger charge is 2.17. The molecule has 10 nitrogen and oxygen atoms in total. The number of nitrogens with zero attached hydrogens (tertiary/aromatic N) is 1. The number of non-ortho nitro benzene ring substituents is 1. The number of hydrogen-bond acceptors (Lipinski definition) is 6. The molecule has 176 valence electrons. The van der Waals surface area contributed by atoms with Crippen molar-refractivity contribution in [2.24, 2.45) is 0 Å². The average Bonchev–Trinajstić information content (AvgIpc) is 2.83. The molecule has 0 atom stereocenters. The van der Waals surface area contributed by atoms with Crippen LogP contribution in [0.2, 0.25) is 0 Å². The number of carbonyl (C=O) groups excluding carboxylic acids is 2. The summed E-state index contributed by atoms with van der Waals surface area (Å²) in [5, 5.41) is 16.1. The molecule has 0 saturated heterocycles. The fourth-order valence-corrected chi connectivity index (χ4v) is 4.04. The van der Waals surface area contributed by atoms with Crippen LogP contribution in [0.25, 0.3) is 0 Å². The van der Waals surface area contributed by atoms with Crippen LogP contribution >= 0.6 is 0 Å². The Morgan fingerprint density at radius 2 is 1.53 bits per heavy atom. The Bertz CT molecular complexity index is 1280. The molecule has 3 rings (SSSR count). The zero-order valence-corrected chi connectivity index (χ0v) is 18.7. The molecule has 34 heavy (non-hydrogen) atoms. The number of nitro groups is 1. The third-order valence-corrected chi connectivity index (χ3v) is 6.22. The van der Waals surface area contributed by atoms with Crippen LogP contribution in [0, 0.1) is 10.1 Å². The van der Waals surface area contributed by atoms with E-state index < -0.39 is 20.9 Å². The summed E-state index contributed by atoms with van der Waals surface area (Å²) < 4.78 is 26.9. The number of sulfonamides is 1. The molecule has 3 aromatic carbocycles. The predicted octanol–water partition coefficient (Wildman–Crippen LogP) is 2.83. The standard InChI is InChI=1S/C23H22N4O6S/c28-22(14-15-25-34(32,33)19-12-10-18(11-13-19)27(30)31)26-21-9-5-4-8-20(21)23(29)24-16-17-6-2-1-3-7-17/h1-13,25H,14-16H2,(H,24,29)(H,26,28). The van der Waals surface area contributed by atoms with Gasteiger partial charge in [0.25, 0.3) is 11.6 Å². The van der Waals surface area contributed by atoms with Gasteiger partial charge in [0.15, 0.2) is 0 Å². The topological polar surface area (TPSA) is 148 Å². The van der Waals surface area contributed by atoms with Crippen molar-refractivity contribution in [3.8, 4) is 0 Å². The molecular formula is C23H22N4O6S. The second-order valence-corrected chi connectivity index (χ2v) is 8.93. The molecule has 0 unspecified atom stereocenters. The molecule has 3 aromatic rings. The van der Waals surface area contributed by atoms with Crippen LogP contribution in [0.4, 0.5) is 11.4 Å². The maximum Gasteiger partial charge on any atom is 0.269 e. The number of anilines is 1. The first-order valence-electron chi connectivity index (χ1n) is 10.2. The summed E-state index contributed by atoms with van der Waals surface area (Å²) in [6, 6.07) is 20.3. The van der Waals surface area contributed by atoms with E-state index >= 15 is 0 Å². The van der Waals surface area contributed by atoms with Crippen LogP contribution in [-0.2, 0) is 21.4 Å². The zero-order chi connectivity index (χ0) is 24.6.